The van der Waals surface area contributed by atoms with E-state index in [1.165, 1.54) is 0 Å². The van der Waals surface area contributed by atoms with E-state index in [0.29, 0.717) is 11.1 Å². The zero-order valence-electron chi connectivity index (χ0n) is 16.5. The summed E-state index contributed by atoms with van der Waals surface area (Å²) in [6.07, 6.45) is 5.11. The molecule has 6 nitrogen and oxygen atoms in total. The molecular formula is C20H13B4N5O. The Morgan fingerprint density at radius 3 is 2.37 bits per heavy atom. The molecule has 2 aromatic carbocycles. The molecule has 1 amide bonds. The number of amides is 1. The van der Waals surface area contributed by atoms with Gasteiger partial charge in [-0.3, -0.25) is 10.1 Å². The van der Waals surface area contributed by atoms with Crippen LogP contribution in [0.5, 0.6) is 0 Å². The summed E-state index contributed by atoms with van der Waals surface area (Å²) in [5.41, 5.74) is 3.63. The van der Waals surface area contributed by atoms with Crippen molar-refractivity contribution in [3.05, 3.63) is 48.0 Å². The predicted octanol–water partition coefficient (Wildman–Crippen LogP) is -1.23. The summed E-state index contributed by atoms with van der Waals surface area (Å²) in [6.45, 7) is 1.69. The van der Waals surface area contributed by atoms with Gasteiger partial charge in [0.1, 0.15) is 31.4 Å². The molecule has 4 aromatic rings. The third kappa shape index (κ3) is 3.32. The molecule has 0 aliphatic heterocycles. The topological polar surface area (TPSA) is 72.7 Å². The largest absolute Gasteiger partial charge is 0.334 e. The van der Waals surface area contributed by atoms with Crippen molar-refractivity contribution in [1.82, 2.24) is 19.5 Å². The first-order valence-corrected chi connectivity index (χ1v) is 9.05. The molecule has 0 saturated carbocycles. The molecule has 4 rings (SSSR count). The highest BCUT2D eigenvalue weighted by atomic mass is 16.1. The van der Waals surface area contributed by atoms with Gasteiger partial charge in [-0.25, -0.2) is 15.0 Å². The lowest BCUT2D eigenvalue weighted by Crippen LogP contribution is -2.49. The molecule has 2 heterocycles. The number of carbonyl (C=O) groups excluding carboxylic acids is 1. The number of anilines is 1. The lowest BCUT2D eigenvalue weighted by molar-refractivity contribution is 0.102. The number of hydrogen-bond donors (Lipinski definition) is 1. The quantitative estimate of drug-likeness (QED) is 0.450. The highest BCUT2D eigenvalue weighted by Gasteiger charge is 2.18. The van der Waals surface area contributed by atoms with Crippen molar-refractivity contribution in [3.63, 3.8) is 0 Å². The molecule has 30 heavy (non-hydrogen) atoms. The Bertz CT molecular complexity index is 1290. The number of nitrogens with zero attached hydrogens (tertiary/aromatic N) is 4. The summed E-state index contributed by atoms with van der Waals surface area (Å²) in [5.74, 6) is -0.489. The van der Waals surface area contributed by atoms with Gasteiger partial charge in [0, 0.05) is 29.8 Å². The fraction of sp³-hybridized carbons (Fsp3) is 0.100. The molecule has 2 aromatic heterocycles. The number of hydrogen-bond acceptors (Lipinski definition) is 4. The minimum absolute atomic E-state index is 0.00272. The minimum atomic E-state index is -0.592. The van der Waals surface area contributed by atoms with Crippen molar-refractivity contribution in [1.29, 1.82) is 0 Å². The zero-order valence-corrected chi connectivity index (χ0v) is 16.5. The molecule has 0 aliphatic carbocycles. The maximum Gasteiger partial charge on any atom is 0.256 e. The maximum atomic E-state index is 12.8. The van der Waals surface area contributed by atoms with Gasteiger partial charge in [0.2, 0.25) is 5.95 Å². The summed E-state index contributed by atoms with van der Waals surface area (Å²) in [4.78, 5) is 25.6. The van der Waals surface area contributed by atoms with Crippen LogP contribution in [0.3, 0.4) is 0 Å². The van der Waals surface area contributed by atoms with Gasteiger partial charge in [-0.2, -0.15) is 0 Å². The molecule has 0 atom stereocenters. The van der Waals surface area contributed by atoms with Crippen LogP contribution in [0.2, 0.25) is 0 Å². The molecule has 8 radical (unpaired) electrons. The van der Waals surface area contributed by atoms with Gasteiger partial charge in [0.25, 0.3) is 5.91 Å². The Kier molecular flexibility index (Phi) is 5.02. The van der Waals surface area contributed by atoms with Crippen molar-refractivity contribution in [2.75, 3.05) is 5.32 Å². The summed E-state index contributed by atoms with van der Waals surface area (Å²) in [7, 11) is 25.8. The summed E-state index contributed by atoms with van der Waals surface area (Å²) in [6, 6.07) is 5.76. The van der Waals surface area contributed by atoms with Gasteiger partial charge < -0.3 is 4.57 Å². The first-order valence-electron chi connectivity index (χ1n) is 9.05. The first-order chi connectivity index (χ1) is 14.3. The van der Waals surface area contributed by atoms with Crippen molar-refractivity contribution in [2.24, 2.45) is 7.05 Å². The predicted molar refractivity (Wildman–Crippen MR) is 122 cm³/mol. The summed E-state index contributed by atoms with van der Waals surface area (Å²) < 4.78 is 1.91. The van der Waals surface area contributed by atoms with Crippen molar-refractivity contribution in [3.8, 4) is 11.3 Å². The van der Waals surface area contributed by atoms with Gasteiger partial charge in [-0.15, -0.1) is 10.9 Å². The second-order valence-electron chi connectivity index (χ2n) is 6.97. The molecule has 136 valence electrons. The molecule has 10 heteroatoms. The van der Waals surface area contributed by atoms with Crippen LogP contribution in [0, 0.1) is 6.92 Å². The van der Waals surface area contributed by atoms with E-state index >= 15 is 0 Å². The molecular weight excluding hydrogens is 370 g/mol. The van der Waals surface area contributed by atoms with Crippen LogP contribution >= 0.6 is 0 Å². The highest BCUT2D eigenvalue weighted by Crippen LogP contribution is 2.23. The average molecular weight is 383 g/mol. The third-order valence-electron chi connectivity index (χ3n) is 5.07. The van der Waals surface area contributed by atoms with Crippen molar-refractivity contribution >= 4 is 76.0 Å². The Hall–Kier alpha value is -3.28. The van der Waals surface area contributed by atoms with E-state index < -0.39 is 5.91 Å². The van der Waals surface area contributed by atoms with Gasteiger partial charge in [0.05, 0.1) is 23.7 Å². The molecule has 0 aliphatic rings. The fourth-order valence-corrected chi connectivity index (χ4v) is 3.25. The van der Waals surface area contributed by atoms with Crippen LogP contribution in [0.1, 0.15) is 15.9 Å². The monoisotopic (exact) mass is 383 g/mol. The Balaban J connectivity index is 1.71. The summed E-state index contributed by atoms with van der Waals surface area (Å²) >= 11 is 0. The maximum absolute atomic E-state index is 12.8. The van der Waals surface area contributed by atoms with Crippen LogP contribution < -0.4 is 27.2 Å². The van der Waals surface area contributed by atoms with Crippen LogP contribution in [0.15, 0.2) is 36.9 Å². The van der Waals surface area contributed by atoms with E-state index in [4.69, 9.17) is 31.4 Å². The minimum Gasteiger partial charge on any atom is -0.334 e. The van der Waals surface area contributed by atoms with E-state index in [-0.39, 0.29) is 33.4 Å². The first kappa shape index (κ1) is 20.0. The lowest BCUT2D eigenvalue weighted by atomic mass is 9.64. The van der Waals surface area contributed by atoms with Crippen LogP contribution in [0.4, 0.5) is 5.95 Å². The van der Waals surface area contributed by atoms with E-state index in [9.17, 15) is 4.79 Å². The van der Waals surface area contributed by atoms with Gasteiger partial charge in [-0.05, 0) is 13.0 Å². The number of aryl methyl sites for hydroxylation is 1. The second-order valence-corrected chi connectivity index (χ2v) is 6.97. The standard InChI is InChI=1S/C20H13B4N5O/c1-9-15(21)17(23)14(18(24)16(9)22)19(30)28-20-26-6-11-4-3-10(5-12(11)27-20)13-7-25-8-29(13)2/h3-8H,1-2H3,(H,26,27,28,30). The molecule has 0 unspecified atom stereocenters. The molecule has 1 N–H and O–H groups in total. The number of aromatic nitrogens is 4. The molecule has 0 spiro atoms. The molecule has 0 saturated heterocycles. The third-order valence-corrected chi connectivity index (χ3v) is 5.07. The van der Waals surface area contributed by atoms with E-state index in [1.807, 2.05) is 29.8 Å². The van der Waals surface area contributed by atoms with Crippen LogP contribution in [-0.4, -0.2) is 56.8 Å². The lowest BCUT2D eigenvalue weighted by Gasteiger charge is -2.19. The van der Waals surface area contributed by atoms with Crippen molar-refractivity contribution < 1.29 is 4.79 Å². The normalized spacial score (nSPS) is 11.0. The number of benzene rings is 2. The Labute approximate surface area is 179 Å². The van der Waals surface area contributed by atoms with Crippen LogP contribution in [0.25, 0.3) is 22.2 Å². The van der Waals surface area contributed by atoms with Gasteiger partial charge in [-0.1, -0.05) is 28.6 Å². The van der Waals surface area contributed by atoms with Crippen LogP contribution in [-0.2, 0) is 7.05 Å². The average Bonchev–Trinajstić information content (AvgIpc) is 3.16. The number of nitrogens with one attached hydrogen (secondary N) is 1. The zero-order chi connectivity index (χ0) is 21.6. The molecule has 0 fully saturated rings. The van der Waals surface area contributed by atoms with E-state index in [0.717, 1.165) is 16.6 Å². The number of fused-ring (bicyclic) bond motifs is 1. The summed E-state index contributed by atoms with van der Waals surface area (Å²) in [5, 5.41) is 3.44. The number of carbonyl (C=O) groups is 1. The Morgan fingerprint density at radius 1 is 1.03 bits per heavy atom. The van der Waals surface area contributed by atoms with E-state index in [1.54, 1.807) is 25.6 Å². The Morgan fingerprint density at radius 2 is 1.73 bits per heavy atom. The van der Waals surface area contributed by atoms with E-state index in [2.05, 4.69) is 20.3 Å². The number of imidazole rings is 1. The SMILES string of the molecule is [B]c1c([B])c(C(=O)Nc2ncc3ccc(-c4cncn4C)cc3n2)c([B])c([B])c1C. The number of rotatable bonds is 3. The van der Waals surface area contributed by atoms with Crippen molar-refractivity contribution in [2.45, 2.75) is 6.92 Å². The second kappa shape index (κ2) is 7.52. The molecule has 0 bridgehead atoms. The van der Waals surface area contributed by atoms with Gasteiger partial charge in [0.15, 0.2) is 0 Å². The smallest absolute Gasteiger partial charge is 0.256 e. The highest BCUT2D eigenvalue weighted by molar-refractivity contribution is 6.60. The van der Waals surface area contributed by atoms with Gasteiger partial charge >= 0.3 is 0 Å². The fourth-order valence-electron chi connectivity index (χ4n) is 3.25.